The molecule has 37 heavy (non-hydrogen) atoms. The van der Waals surface area contributed by atoms with Gasteiger partial charge >= 0.3 is 0 Å². The second kappa shape index (κ2) is 10.1. The number of fused-ring (bicyclic) bond motifs is 2. The van der Waals surface area contributed by atoms with Gasteiger partial charge in [0, 0.05) is 23.6 Å². The fourth-order valence-corrected chi connectivity index (χ4v) is 5.04. The lowest BCUT2D eigenvalue weighted by atomic mass is 10.0. The Morgan fingerprint density at radius 3 is 2.78 bits per heavy atom. The fraction of sp³-hybridized carbons (Fsp3) is 0.269. The van der Waals surface area contributed by atoms with Crippen molar-refractivity contribution in [3.63, 3.8) is 0 Å². The Bertz CT molecular complexity index is 1530. The van der Waals surface area contributed by atoms with E-state index >= 15 is 0 Å². The van der Waals surface area contributed by atoms with Crippen molar-refractivity contribution in [2.75, 3.05) is 0 Å². The molecule has 0 saturated heterocycles. The quantitative estimate of drug-likeness (QED) is 0.285. The van der Waals surface area contributed by atoms with Gasteiger partial charge in [0.05, 0.1) is 23.3 Å². The van der Waals surface area contributed by atoms with E-state index in [0.717, 1.165) is 22.9 Å². The van der Waals surface area contributed by atoms with Crippen LogP contribution in [0, 0.1) is 17.1 Å². The van der Waals surface area contributed by atoms with Crippen LogP contribution < -0.4 is 10.0 Å². The zero-order valence-corrected chi connectivity index (χ0v) is 20.3. The number of halogens is 2. The van der Waals surface area contributed by atoms with Crippen molar-refractivity contribution in [3.8, 4) is 6.07 Å². The Hall–Kier alpha value is -4.04. The number of nitrogens with one attached hydrogen (secondary N) is 3. The highest BCUT2D eigenvalue weighted by Crippen LogP contribution is 2.45. The second-order valence-corrected chi connectivity index (χ2v) is 10.1. The lowest BCUT2D eigenvalue weighted by Gasteiger charge is -2.20. The summed E-state index contributed by atoms with van der Waals surface area (Å²) in [6.07, 6.45) is 2.30. The van der Waals surface area contributed by atoms with Crippen LogP contribution in [-0.2, 0) is 11.2 Å². The number of carbonyl (C=O) groups excluding carboxylic acids is 2. The number of rotatable bonds is 9. The summed E-state index contributed by atoms with van der Waals surface area (Å²) in [6, 6.07) is 14.5. The van der Waals surface area contributed by atoms with Crippen molar-refractivity contribution in [3.05, 3.63) is 71.8 Å². The molecule has 4 aromatic rings. The highest BCUT2D eigenvalue weighted by Gasteiger charge is 2.46. The predicted molar refractivity (Wildman–Crippen MR) is 136 cm³/mol. The molecular weight excluding hydrogens is 498 g/mol. The highest BCUT2D eigenvalue weighted by atomic mass is 32.2. The number of aromatic amines is 1. The topological polar surface area (TPSA) is 124 Å². The van der Waals surface area contributed by atoms with Crippen LogP contribution in [0.2, 0.25) is 0 Å². The Kier molecular flexibility index (Phi) is 6.76. The molecule has 188 valence electrons. The first kappa shape index (κ1) is 24.6. The van der Waals surface area contributed by atoms with Gasteiger partial charge < -0.3 is 10.3 Å². The van der Waals surface area contributed by atoms with Crippen molar-refractivity contribution in [2.24, 2.45) is 0 Å². The van der Waals surface area contributed by atoms with E-state index in [-0.39, 0.29) is 24.1 Å². The maximum absolute atomic E-state index is 14.6. The van der Waals surface area contributed by atoms with Gasteiger partial charge in [0.2, 0.25) is 5.91 Å². The minimum Gasteiger partial charge on any atom is -0.348 e. The summed E-state index contributed by atoms with van der Waals surface area (Å²) in [5.41, 5.74) is 0.245. The number of aromatic nitrogens is 3. The van der Waals surface area contributed by atoms with Crippen molar-refractivity contribution < 1.29 is 18.4 Å². The van der Waals surface area contributed by atoms with Crippen LogP contribution >= 0.6 is 11.9 Å². The molecule has 0 aliphatic heterocycles. The van der Waals surface area contributed by atoms with Gasteiger partial charge in [-0.1, -0.05) is 30.3 Å². The molecular formula is C26H22F2N6O2S. The Balaban J connectivity index is 1.27. The SMILES string of the molecule is N#CC(Cc1cnnc2ccccc12)NC(=O)[C@H](CC1(F)CC1)SNC(=O)c1cc2cccc(F)c2[nH]1. The lowest BCUT2D eigenvalue weighted by Crippen LogP contribution is -2.43. The Morgan fingerprint density at radius 1 is 1.22 bits per heavy atom. The van der Waals surface area contributed by atoms with Gasteiger partial charge in [-0.2, -0.15) is 15.5 Å². The number of benzene rings is 2. The average molecular weight is 521 g/mol. The van der Waals surface area contributed by atoms with E-state index in [2.05, 4.69) is 31.3 Å². The molecule has 1 aliphatic rings. The maximum atomic E-state index is 14.6. The summed E-state index contributed by atoms with van der Waals surface area (Å²) in [4.78, 5) is 28.6. The molecule has 0 radical (unpaired) electrons. The van der Waals surface area contributed by atoms with Crippen LogP contribution in [0.3, 0.4) is 0 Å². The van der Waals surface area contributed by atoms with Crippen LogP contribution in [0.5, 0.6) is 0 Å². The van der Waals surface area contributed by atoms with E-state index < -0.39 is 34.6 Å². The van der Waals surface area contributed by atoms with Gasteiger partial charge in [-0.25, -0.2) is 8.78 Å². The minimum atomic E-state index is -1.47. The van der Waals surface area contributed by atoms with Gasteiger partial charge in [-0.05, 0) is 48.6 Å². The molecule has 3 N–H and O–H groups in total. The molecule has 0 spiro atoms. The summed E-state index contributed by atoms with van der Waals surface area (Å²) >= 11 is 0.778. The number of nitriles is 1. The van der Waals surface area contributed by atoms with Crippen LogP contribution in [0.4, 0.5) is 8.78 Å². The number of H-pyrrole nitrogens is 1. The van der Waals surface area contributed by atoms with Gasteiger partial charge in [-0.3, -0.25) is 14.3 Å². The predicted octanol–water partition coefficient (Wildman–Crippen LogP) is 4.14. The summed E-state index contributed by atoms with van der Waals surface area (Å²) in [5, 5.41) is 20.8. The van der Waals surface area contributed by atoms with Crippen LogP contribution in [0.1, 0.15) is 35.3 Å². The first-order chi connectivity index (χ1) is 17.8. The normalized spacial score (nSPS) is 15.6. The molecule has 2 aromatic heterocycles. The Labute approximate surface area is 215 Å². The largest absolute Gasteiger partial charge is 0.348 e. The number of hydrogen-bond donors (Lipinski definition) is 3. The van der Waals surface area contributed by atoms with E-state index in [1.54, 1.807) is 18.3 Å². The average Bonchev–Trinajstić information content (AvgIpc) is 3.45. The number of para-hydroxylation sites is 1. The third kappa shape index (κ3) is 5.54. The fourth-order valence-electron chi connectivity index (χ4n) is 4.12. The third-order valence-corrected chi connectivity index (χ3v) is 7.27. The third-order valence-electron chi connectivity index (χ3n) is 6.31. The summed E-state index contributed by atoms with van der Waals surface area (Å²) in [6.45, 7) is 0. The van der Waals surface area contributed by atoms with Crippen molar-refractivity contribution in [2.45, 2.75) is 42.6 Å². The number of amides is 2. The van der Waals surface area contributed by atoms with E-state index in [4.69, 9.17) is 0 Å². The maximum Gasteiger partial charge on any atom is 0.277 e. The summed E-state index contributed by atoms with van der Waals surface area (Å²) in [5.74, 6) is -1.63. The van der Waals surface area contributed by atoms with Crippen molar-refractivity contribution in [1.29, 1.82) is 5.26 Å². The smallest absolute Gasteiger partial charge is 0.277 e. The number of alkyl halides is 1. The molecule has 2 atom stereocenters. The molecule has 11 heteroatoms. The first-order valence-corrected chi connectivity index (χ1v) is 12.5. The molecule has 5 rings (SSSR count). The van der Waals surface area contributed by atoms with E-state index in [0.29, 0.717) is 23.7 Å². The van der Waals surface area contributed by atoms with Crippen molar-refractivity contribution in [1.82, 2.24) is 25.2 Å². The monoisotopic (exact) mass is 520 g/mol. The van der Waals surface area contributed by atoms with Gasteiger partial charge in [0.15, 0.2) is 0 Å². The lowest BCUT2D eigenvalue weighted by molar-refractivity contribution is -0.121. The first-order valence-electron chi connectivity index (χ1n) is 11.7. The molecule has 1 fully saturated rings. The van der Waals surface area contributed by atoms with Gasteiger partial charge in [0.1, 0.15) is 28.5 Å². The zero-order chi connectivity index (χ0) is 26.0. The molecule has 8 nitrogen and oxygen atoms in total. The number of carbonyl (C=O) groups is 2. The van der Waals surface area contributed by atoms with E-state index in [9.17, 15) is 23.6 Å². The molecule has 1 saturated carbocycles. The Morgan fingerprint density at radius 2 is 2.03 bits per heavy atom. The highest BCUT2D eigenvalue weighted by molar-refractivity contribution is 7.99. The zero-order valence-electron chi connectivity index (χ0n) is 19.5. The number of nitrogens with zero attached hydrogens (tertiary/aromatic N) is 3. The van der Waals surface area contributed by atoms with Gasteiger partial charge in [0.25, 0.3) is 5.91 Å². The van der Waals surface area contributed by atoms with Crippen LogP contribution in [0.25, 0.3) is 21.8 Å². The summed E-state index contributed by atoms with van der Waals surface area (Å²) in [7, 11) is 0. The standard InChI is InChI=1S/C26H22F2N6O2S/c27-19-6-3-4-15-11-21(32-23(15)19)24(35)34-37-22(12-26(28)8-9-26)25(36)31-17(13-29)10-16-14-30-33-20-7-2-1-5-18(16)20/h1-7,11,14,17,22,32H,8-10,12H2,(H,31,36)(H,34,35)/t17?,22-/m0/s1. The second-order valence-electron chi connectivity index (χ2n) is 9.06. The van der Waals surface area contributed by atoms with Gasteiger partial charge in [-0.15, -0.1) is 0 Å². The molecule has 1 unspecified atom stereocenters. The molecule has 2 aromatic carbocycles. The van der Waals surface area contributed by atoms with Crippen LogP contribution in [0.15, 0.2) is 54.7 Å². The molecule has 0 bridgehead atoms. The minimum absolute atomic E-state index is 0.108. The van der Waals surface area contributed by atoms with Crippen molar-refractivity contribution >= 4 is 45.6 Å². The van der Waals surface area contributed by atoms with E-state index in [1.807, 2.05) is 18.2 Å². The summed E-state index contributed by atoms with van der Waals surface area (Å²) < 4.78 is 31.2. The number of hydrogen-bond acceptors (Lipinski definition) is 6. The molecule has 1 aliphatic carbocycles. The molecule has 2 heterocycles. The van der Waals surface area contributed by atoms with Crippen LogP contribution in [-0.4, -0.2) is 44.0 Å². The molecule has 2 amide bonds. The van der Waals surface area contributed by atoms with E-state index in [1.165, 1.54) is 18.2 Å².